The van der Waals surface area contributed by atoms with Gasteiger partial charge in [0.15, 0.2) is 5.58 Å². The Balaban J connectivity index is 1.64. The molecule has 0 N–H and O–H groups in total. The van der Waals surface area contributed by atoms with Crippen molar-refractivity contribution in [2.24, 2.45) is 5.92 Å². The number of aryl methyl sites for hydroxylation is 1. The molecular formula is C23H26N2O4. The van der Waals surface area contributed by atoms with Gasteiger partial charge >= 0.3 is 5.97 Å². The van der Waals surface area contributed by atoms with Crippen molar-refractivity contribution in [3.8, 4) is 0 Å². The predicted molar refractivity (Wildman–Crippen MR) is 110 cm³/mol. The summed E-state index contributed by atoms with van der Waals surface area (Å²) in [5.41, 5.74) is 3.32. The molecule has 0 radical (unpaired) electrons. The minimum absolute atomic E-state index is 0.0704. The summed E-state index contributed by atoms with van der Waals surface area (Å²) in [6.07, 6.45) is 1.55. The summed E-state index contributed by atoms with van der Waals surface area (Å²) in [7, 11) is 0. The fourth-order valence-corrected chi connectivity index (χ4v) is 4.05. The topological polar surface area (TPSA) is 64.7 Å². The molecular weight excluding hydrogens is 368 g/mol. The van der Waals surface area contributed by atoms with Crippen LogP contribution in [0.25, 0.3) is 11.1 Å². The van der Waals surface area contributed by atoms with Crippen LogP contribution in [-0.4, -0.2) is 41.0 Å². The number of likely N-dealkylation sites (tertiary alicyclic amines) is 1. The number of amides is 1. The maximum absolute atomic E-state index is 13.4. The number of nitrogens with zero attached hydrogens (tertiary/aromatic N) is 2. The van der Waals surface area contributed by atoms with E-state index in [1.807, 2.05) is 54.0 Å². The van der Waals surface area contributed by atoms with E-state index >= 15 is 0 Å². The molecule has 1 unspecified atom stereocenters. The Morgan fingerprint density at radius 1 is 1.21 bits per heavy atom. The molecule has 29 heavy (non-hydrogen) atoms. The number of benzene rings is 1. The molecule has 1 aliphatic heterocycles. The van der Waals surface area contributed by atoms with Gasteiger partial charge in [-0.15, -0.1) is 0 Å². The molecule has 0 saturated carbocycles. The highest BCUT2D eigenvalue weighted by Gasteiger charge is 2.31. The fourth-order valence-electron chi connectivity index (χ4n) is 4.05. The highest BCUT2D eigenvalue weighted by molar-refractivity contribution is 5.98. The van der Waals surface area contributed by atoms with Crippen LogP contribution < -0.4 is 0 Å². The first-order valence-electron chi connectivity index (χ1n) is 10.2. The minimum Gasteiger partial charge on any atom is -0.466 e. The second kappa shape index (κ2) is 8.15. The molecule has 1 aliphatic rings. The third-order valence-corrected chi connectivity index (χ3v) is 5.44. The first-order chi connectivity index (χ1) is 14.1. The molecule has 6 heteroatoms. The summed E-state index contributed by atoms with van der Waals surface area (Å²) in [5.74, 6) is 0.277. The smallest absolute Gasteiger partial charge is 0.310 e. The largest absolute Gasteiger partial charge is 0.466 e. The van der Waals surface area contributed by atoms with Crippen molar-refractivity contribution in [1.29, 1.82) is 0 Å². The summed E-state index contributed by atoms with van der Waals surface area (Å²) < 4.78 is 13.0. The third kappa shape index (κ3) is 3.92. The SMILES string of the molecule is CCOC(=O)C1CCCN(C(=O)c2cc3oc(C)cc3n2Cc2ccccc2)C1. The molecule has 1 fully saturated rings. The number of hydrogen-bond acceptors (Lipinski definition) is 4. The van der Waals surface area contributed by atoms with E-state index in [-0.39, 0.29) is 17.8 Å². The van der Waals surface area contributed by atoms with Crippen molar-refractivity contribution in [2.45, 2.75) is 33.2 Å². The number of carbonyl (C=O) groups is 2. The summed E-state index contributed by atoms with van der Waals surface area (Å²) in [5, 5.41) is 0. The molecule has 2 aromatic heterocycles. The van der Waals surface area contributed by atoms with E-state index in [0.29, 0.717) is 37.5 Å². The Hall–Kier alpha value is -3.02. The molecule has 4 rings (SSSR count). The summed E-state index contributed by atoms with van der Waals surface area (Å²) >= 11 is 0. The van der Waals surface area contributed by atoms with Gasteiger partial charge in [-0.3, -0.25) is 9.59 Å². The average Bonchev–Trinajstić information content (AvgIpc) is 3.25. The molecule has 152 valence electrons. The first kappa shape index (κ1) is 19.3. The average molecular weight is 394 g/mol. The molecule has 3 aromatic rings. The van der Waals surface area contributed by atoms with E-state index in [4.69, 9.17) is 9.15 Å². The second-order valence-corrected chi connectivity index (χ2v) is 7.55. The molecule has 0 aliphatic carbocycles. The number of ether oxygens (including phenoxy) is 1. The van der Waals surface area contributed by atoms with Crippen molar-refractivity contribution in [3.63, 3.8) is 0 Å². The van der Waals surface area contributed by atoms with Crippen LogP contribution in [0.3, 0.4) is 0 Å². The van der Waals surface area contributed by atoms with Gasteiger partial charge in [-0.25, -0.2) is 0 Å². The van der Waals surface area contributed by atoms with Gasteiger partial charge in [-0.2, -0.15) is 0 Å². The van der Waals surface area contributed by atoms with Crippen molar-refractivity contribution < 1.29 is 18.7 Å². The van der Waals surface area contributed by atoms with Crippen molar-refractivity contribution in [3.05, 3.63) is 59.5 Å². The Morgan fingerprint density at radius 2 is 2.00 bits per heavy atom. The molecule has 1 aromatic carbocycles. The van der Waals surface area contributed by atoms with E-state index < -0.39 is 0 Å². The van der Waals surface area contributed by atoms with Gasteiger partial charge in [0, 0.05) is 31.8 Å². The highest BCUT2D eigenvalue weighted by Crippen LogP contribution is 2.27. The van der Waals surface area contributed by atoms with Crippen molar-refractivity contribution >= 4 is 23.0 Å². The number of hydrogen-bond donors (Lipinski definition) is 0. The lowest BCUT2D eigenvalue weighted by atomic mass is 9.98. The second-order valence-electron chi connectivity index (χ2n) is 7.55. The van der Waals surface area contributed by atoms with Crippen LogP contribution >= 0.6 is 0 Å². The minimum atomic E-state index is -0.254. The fraction of sp³-hybridized carbons (Fsp3) is 0.391. The maximum Gasteiger partial charge on any atom is 0.310 e. The van der Waals surface area contributed by atoms with E-state index in [1.165, 1.54) is 0 Å². The Labute approximate surface area is 170 Å². The number of aromatic nitrogens is 1. The quantitative estimate of drug-likeness (QED) is 0.614. The number of furan rings is 1. The summed E-state index contributed by atoms with van der Waals surface area (Å²) in [6, 6.07) is 13.8. The van der Waals surface area contributed by atoms with Gasteiger partial charge in [-0.1, -0.05) is 30.3 Å². The van der Waals surface area contributed by atoms with Crippen LogP contribution in [-0.2, 0) is 16.1 Å². The summed E-state index contributed by atoms with van der Waals surface area (Å²) in [4.78, 5) is 27.3. The van der Waals surface area contributed by atoms with Crippen LogP contribution in [0.2, 0.25) is 0 Å². The number of piperidine rings is 1. The third-order valence-electron chi connectivity index (χ3n) is 5.44. The van der Waals surface area contributed by atoms with Crippen LogP contribution in [0.1, 0.15) is 41.6 Å². The van der Waals surface area contributed by atoms with E-state index in [9.17, 15) is 9.59 Å². The zero-order valence-corrected chi connectivity index (χ0v) is 16.9. The zero-order valence-electron chi connectivity index (χ0n) is 16.9. The normalized spacial score (nSPS) is 16.9. The van der Waals surface area contributed by atoms with Crippen molar-refractivity contribution in [2.75, 3.05) is 19.7 Å². The standard InChI is InChI=1S/C23H26N2O4/c1-3-28-23(27)18-10-7-11-24(15-18)22(26)20-13-21-19(12-16(2)29-21)25(20)14-17-8-5-4-6-9-17/h4-6,8-9,12-13,18H,3,7,10-11,14-15H2,1-2H3. The van der Waals surface area contributed by atoms with Gasteiger partial charge in [-0.05, 0) is 32.3 Å². The molecule has 3 heterocycles. The number of esters is 1. The zero-order chi connectivity index (χ0) is 20.4. The molecule has 1 amide bonds. The Bertz CT molecular complexity index is 1020. The Kier molecular flexibility index (Phi) is 5.43. The lowest BCUT2D eigenvalue weighted by Crippen LogP contribution is -2.43. The Morgan fingerprint density at radius 3 is 2.76 bits per heavy atom. The van der Waals surface area contributed by atoms with Gasteiger partial charge in [0.25, 0.3) is 5.91 Å². The van der Waals surface area contributed by atoms with Gasteiger partial charge in [0.1, 0.15) is 11.5 Å². The van der Waals surface area contributed by atoms with Crippen molar-refractivity contribution in [1.82, 2.24) is 9.47 Å². The van der Waals surface area contributed by atoms with Crippen LogP contribution in [0.4, 0.5) is 0 Å². The molecule has 1 saturated heterocycles. The number of rotatable bonds is 5. The number of fused-ring (bicyclic) bond motifs is 1. The van der Waals surface area contributed by atoms with E-state index in [0.717, 1.165) is 29.7 Å². The van der Waals surface area contributed by atoms with Crippen LogP contribution in [0.15, 0.2) is 46.9 Å². The number of carbonyl (C=O) groups excluding carboxylic acids is 2. The lowest BCUT2D eigenvalue weighted by molar-refractivity contribution is -0.149. The van der Waals surface area contributed by atoms with Gasteiger partial charge in [0.2, 0.25) is 0 Å². The van der Waals surface area contributed by atoms with Crippen LogP contribution in [0.5, 0.6) is 0 Å². The first-order valence-corrected chi connectivity index (χ1v) is 10.2. The molecule has 0 bridgehead atoms. The predicted octanol–water partition coefficient (Wildman–Crippen LogP) is 4.01. The highest BCUT2D eigenvalue weighted by atomic mass is 16.5. The maximum atomic E-state index is 13.4. The van der Waals surface area contributed by atoms with Crippen LogP contribution in [0, 0.1) is 12.8 Å². The molecule has 0 spiro atoms. The molecule has 1 atom stereocenters. The molecule has 6 nitrogen and oxygen atoms in total. The van der Waals surface area contributed by atoms with Gasteiger partial charge < -0.3 is 18.6 Å². The van der Waals surface area contributed by atoms with E-state index in [2.05, 4.69) is 0 Å². The monoisotopic (exact) mass is 394 g/mol. The lowest BCUT2D eigenvalue weighted by Gasteiger charge is -2.31. The summed E-state index contributed by atoms with van der Waals surface area (Å²) in [6.45, 7) is 5.69. The van der Waals surface area contributed by atoms with Gasteiger partial charge in [0.05, 0.1) is 18.0 Å². The van der Waals surface area contributed by atoms with E-state index in [1.54, 1.807) is 11.8 Å².